The molecule has 0 aliphatic heterocycles. The summed E-state index contributed by atoms with van der Waals surface area (Å²) < 4.78 is 0. The van der Waals surface area contributed by atoms with Gasteiger partial charge in [0.15, 0.2) is 0 Å². The van der Waals surface area contributed by atoms with Crippen LogP contribution in [0, 0.1) is 0 Å². The van der Waals surface area contributed by atoms with E-state index >= 15 is 0 Å². The van der Waals surface area contributed by atoms with Gasteiger partial charge in [-0.25, -0.2) is 0 Å². The van der Waals surface area contributed by atoms with Gasteiger partial charge in [-0.2, -0.15) is 0 Å². The number of hydrogen-bond acceptors (Lipinski definition) is 2. The second-order valence-corrected chi connectivity index (χ2v) is 1.76. The van der Waals surface area contributed by atoms with Gasteiger partial charge in [-0.15, -0.1) is 0 Å². The quantitative estimate of drug-likeness (QED) is 0.411. The normalized spacial score (nSPS) is 9.00. The Morgan fingerprint density at radius 2 is 2.33 bits per heavy atom. The topological polar surface area (TPSA) is 32.3 Å². The number of nitrogens with one attached hydrogen (secondary N) is 1. The fourth-order valence-electron chi connectivity index (χ4n) is 0.400. The Morgan fingerprint density at radius 1 is 1.67 bits per heavy atom. The highest BCUT2D eigenvalue weighted by Crippen LogP contribution is 1.84. The van der Waals surface area contributed by atoms with Crippen LogP contribution in [0.15, 0.2) is 24.8 Å². The molecule has 0 fully saturated rings. The summed E-state index contributed by atoms with van der Waals surface area (Å²) in [6.45, 7) is 8.72. The van der Waals surface area contributed by atoms with Gasteiger partial charge in [0.2, 0.25) is 0 Å². The minimum Gasteiger partial charge on any atom is -0.395 e. The fraction of sp³-hybridized carbons (Fsp3) is 0.429. The van der Waals surface area contributed by atoms with Gasteiger partial charge in [-0.3, -0.25) is 0 Å². The molecule has 0 aliphatic rings. The second-order valence-electron chi connectivity index (χ2n) is 1.76. The van der Waals surface area contributed by atoms with Crippen LogP contribution in [0.4, 0.5) is 0 Å². The predicted molar refractivity (Wildman–Crippen MR) is 39.3 cm³/mol. The van der Waals surface area contributed by atoms with Crippen LogP contribution in [0.25, 0.3) is 0 Å². The van der Waals surface area contributed by atoms with Crippen molar-refractivity contribution in [3.05, 3.63) is 24.8 Å². The minimum atomic E-state index is 0.171. The molecule has 0 aliphatic carbocycles. The highest BCUT2D eigenvalue weighted by Gasteiger charge is 1.84. The van der Waals surface area contributed by atoms with Crippen LogP contribution in [0.2, 0.25) is 0 Å². The lowest BCUT2D eigenvalue weighted by molar-refractivity contribution is 0.294. The molecule has 0 rings (SSSR count). The summed E-state index contributed by atoms with van der Waals surface area (Å²) in [4.78, 5) is 0. The monoisotopic (exact) mass is 127 g/mol. The van der Waals surface area contributed by atoms with Gasteiger partial charge in [0, 0.05) is 13.1 Å². The number of rotatable bonds is 5. The first-order chi connectivity index (χ1) is 4.31. The van der Waals surface area contributed by atoms with E-state index in [2.05, 4.69) is 18.5 Å². The fourth-order valence-corrected chi connectivity index (χ4v) is 0.400. The van der Waals surface area contributed by atoms with E-state index in [9.17, 15) is 0 Å². The largest absolute Gasteiger partial charge is 0.395 e. The van der Waals surface area contributed by atoms with E-state index in [0.717, 1.165) is 5.57 Å². The lowest BCUT2D eigenvalue weighted by atomic mass is 10.3. The van der Waals surface area contributed by atoms with Crippen molar-refractivity contribution in [2.75, 3.05) is 19.7 Å². The summed E-state index contributed by atoms with van der Waals surface area (Å²) in [5, 5.41) is 11.3. The molecule has 0 aromatic carbocycles. The van der Waals surface area contributed by atoms with Crippen molar-refractivity contribution in [3.63, 3.8) is 0 Å². The summed E-state index contributed by atoms with van der Waals surface area (Å²) in [5.41, 5.74) is 0.948. The molecule has 0 saturated heterocycles. The summed E-state index contributed by atoms with van der Waals surface area (Å²) in [6, 6.07) is 0. The van der Waals surface area contributed by atoms with Gasteiger partial charge in [-0.1, -0.05) is 19.2 Å². The van der Waals surface area contributed by atoms with Crippen molar-refractivity contribution in [2.45, 2.75) is 0 Å². The van der Waals surface area contributed by atoms with E-state index in [4.69, 9.17) is 5.11 Å². The van der Waals surface area contributed by atoms with Gasteiger partial charge >= 0.3 is 0 Å². The van der Waals surface area contributed by atoms with Crippen molar-refractivity contribution in [2.24, 2.45) is 0 Å². The Morgan fingerprint density at radius 3 is 2.78 bits per heavy atom. The van der Waals surface area contributed by atoms with Gasteiger partial charge < -0.3 is 10.4 Å². The average molecular weight is 127 g/mol. The molecule has 0 heterocycles. The van der Waals surface area contributed by atoms with E-state index in [1.165, 1.54) is 0 Å². The molecule has 2 N–H and O–H groups in total. The van der Waals surface area contributed by atoms with Crippen LogP contribution in [0.3, 0.4) is 0 Å². The predicted octanol–water partition coefficient (Wildman–Crippen LogP) is 0.310. The van der Waals surface area contributed by atoms with Crippen molar-refractivity contribution >= 4 is 0 Å². The third-order valence-electron chi connectivity index (χ3n) is 0.929. The molecule has 2 heteroatoms. The molecular weight excluding hydrogens is 114 g/mol. The molecule has 0 bridgehead atoms. The lowest BCUT2D eigenvalue weighted by Crippen LogP contribution is -2.19. The van der Waals surface area contributed by atoms with Crippen LogP contribution in [0.1, 0.15) is 0 Å². The molecule has 0 saturated carbocycles. The van der Waals surface area contributed by atoms with Crippen LogP contribution >= 0.6 is 0 Å². The molecule has 0 spiro atoms. The molecule has 2 nitrogen and oxygen atoms in total. The number of hydrogen-bond donors (Lipinski definition) is 2. The molecule has 0 unspecified atom stereocenters. The molecule has 0 amide bonds. The summed E-state index contributed by atoms with van der Waals surface area (Å²) >= 11 is 0. The van der Waals surface area contributed by atoms with E-state index in [-0.39, 0.29) is 6.61 Å². The third-order valence-corrected chi connectivity index (χ3v) is 0.929. The van der Waals surface area contributed by atoms with Crippen LogP contribution in [0.5, 0.6) is 0 Å². The van der Waals surface area contributed by atoms with E-state index in [1.54, 1.807) is 6.08 Å². The van der Waals surface area contributed by atoms with Crippen molar-refractivity contribution < 1.29 is 5.11 Å². The van der Waals surface area contributed by atoms with Gasteiger partial charge in [-0.05, 0) is 5.57 Å². The Kier molecular flexibility index (Phi) is 5.17. The summed E-state index contributed by atoms with van der Waals surface area (Å²) in [7, 11) is 0. The molecular formula is C7H13NO. The van der Waals surface area contributed by atoms with E-state index in [0.29, 0.717) is 13.1 Å². The Labute approximate surface area is 55.9 Å². The Balaban J connectivity index is 3.07. The maximum absolute atomic E-state index is 8.33. The van der Waals surface area contributed by atoms with Crippen molar-refractivity contribution in [1.29, 1.82) is 0 Å². The zero-order chi connectivity index (χ0) is 7.11. The van der Waals surface area contributed by atoms with Crippen LogP contribution in [-0.2, 0) is 0 Å². The first-order valence-corrected chi connectivity index (χ1v) is 2.93. The van der Waals surface area contributed by atoms with Gasteiger partial charge in [0.25, 0.3) is 0 Å². The molecule has 0 atom stereocenters. The standard InChI is InChI=1S/C7H13NO/c1-3-7(2)6-8-4-5-9/h3,8-9H,1-2,4-6H2. The first-order valence-electron chi connectivity index (χ1n) is 2.93. The maximum atomic E-state index is 8.33. The van der Waals surface area contributed by atoms with E-state index in [1.807, 2.05) is 0 Å². The van der Waals surface area contributed by atoms with Crippen LogP contribution in [-0.4, -0.2) is 24.8 Å². The van der Waals surface area contributed by atoms with Crippen LogP contribution < -0.4 is 5.32 Å². The average Bonchev–Trinajstić information content (AvgIpc) is 1.89. The molecule has 52 valence electrons. The summed E-state index contributed by atoms with van der Waals surface area (Å²) in [6.07, 6.45) is 1.70. The van der Waals surface area contributed by atoms with Gasteiger partial charge in [0.1, 0.15) is 0 Å². The highest BCUT2D eigenvalue weighted by molar-refractivity contribution is 5.12. The number of aliphatic hydroxyl groups is 1. The van der Waals surface area contributed by atoms with Crippen molar-refractivity contribution in [1.82, 2.24) is 5.32 Å². The SMILES string of the molecule is C=CC(=C)CNCCO. The van der Waals surface area contributed by atoms with E-state index < -0.39 is 0 Å². The van der Waals surface area contributed by atoms with Gasteiger partial charge in [0.05, 0.1) is 6.61 Å². The minimum absolute atomic E-state index is 0.171. The first kappa shape index (κ1) is 8.40. The Bertz CT molecular complexity index is 99.1. The smallest absolute Gasteiger partial charge is 0.0556 e. The second kappa shape index (κ2) is 5.54. The lowest BCUT2D eigenvalue weighted by Gasteiger charge is -1.99. The summed E-state index contributed by atoms with van der Waals surface area (Å²) in [5.74, 6) is 0. The number of aliphatic hydroxyl groups excluding tert-OH is 1. The molecule has 9 heavy (non-hydrogen) atoms. The highest BCUT2D eigenvalue weighted by atomic mass is 16.3. The zero-order valence-corrected chi connectivity index (χ0v) is 5.56. The zero-order valence-electron chi connectivity index (χ0n) is 5.56. The molecule has 0 aromatic rings. The Hall–Kier alpha value is -0.600. The third kappa shape index (κ3) is 5.27. The molecule has 0 aromatic heterocycles. The molecule has 0 radical (unpaired) electrons. The maximum Gasteiger partial charge on any atom is 0.0556 e. The van der Waals surface area contributed by atoms with Crippen molar-refractivity contribution in [3.8, 4) is 0 Å².